The number of benzene rings is 1. The summed E-state index contributed by atoms with van der Waals surface area (Å²) in [4.78, 5) is 24.7. The Hall–Kier alpha value is -1.75. The van der Waals surface area contributed by atoms with Crippen LogP contribution in [0.3, 0.4) is 0 Å². The molecule has 1 saturated heterocycles. The van der Waals surface area contributed by atoms with Gasteiger partial charge in [0.2, 0.25) is 5.91 Å². The Morgan fingerprint density at radius 2 is 1.85 bits per heavy atom. The molecule has 0 radical (unpaired) electrons. The summed E-state index contributed by atoms with van der Waals surface area (Å²) in [6, 6.07) is 6.65. The van der Waals surface area contributed by atoms with Gasteiger partial charge >= 0.3 is 6.09 Å². The van der Waals surface area contributed by atoms with Gasteiger partial charge in [0.05, 0.1) is 0 Å². The molecule has 0 bridgehead atoms. The molecule has 1 N–H and O–H groups in total. The zero-order valence-electron chi connectivity index (χ0n) is 11.3. The van der Waals surface area contributed by atoms with E-state index in [9.17, 15) is 9.59 Å². The van der Waals surface area contributed by atoms with Crippen molar-refractivity contribution in [2.24, 2.45) is 0 Å². The van der Waals surface area contributed by atoms with Gasteiger partial charge in [-0.05, 0) is 37.1 Å². The summed E-state index contributed by atoms with van der Waals surface area (Å²) in [6.07, 6.45) is 1.01. The monoisotopic (exact) mass is 296 g/mol. The minimum atomic E-state index is -0.478. The molecule has 0 unspecified atom stereocenters. The number of likely N-dealkylation sites (tertiary alicyclic amines) is 1. The van der Waals surface area contributed by atoms with Crippen molar-refractivity contribution in [3.63, 3.8) is 0 Å². The summed E-state index contributed by atoms with van der Waals surface area (Å²) >= 11 is 5.75. The first-order chi connectivity index (χ1) is 9.54. The average molecular weight is 297 g/mol. The molecule has 20 heavy (non-hydrogen) atoms. The molecule has 1 aromatic carbocycles. The van der Waals surface area contributed by atoms with Crippen LogP contribution in [0.1, 0.15) is 19.8 Å². The molecule has 1 aromatic rings. The van der Waals surface area contributed by atoms with E-state index < -0.39 is 6.09 Å². The van der Waals surface area contributed by atoms with Gasteiger partial charge in [-0.3, -0.25) is 4.79 Å². The van der Waals surface area contributed by atoms with Gasteiger partial charge in [-0.1, -0.05) is 11.6 Å². The van der Waals surface area contributed by atoms with Crippen LogP contribution in [0.25, 0.3) is 0 Å². The normalized spacial score (nSPS) is 15.8. The number of carbonyl (C=O) groups excluding carboxylic acids is 2. The molecule has 5 nitrogen and oxygen atoms in total. The number of amides is 2. The Morgan fingerprint density at radius 3 is 2.40 bits per heavy atom. The summed E-state index contributed by atoms with van der Waals surface area (Å²) in [6.45, 7) is 2.89. The molecule has 0 spiro atoms. The number of rotatable bonds is 2. The highest BCUT2D eigenvalue weighted by molar-refractivity contribution is 6.30. The van der Waals surface area contributed by atoms with Crippen molar-refractivity contribution >= 4 is 23.6 Å². The number of carbonyl (C=O) groups is 2. The van der Waals surface area contributed by atoms with Crippen LogP contribution in [-0.4, -0.2) is 36.0 Å². The first-order valence-electron chi connectivity index (χ1n) is 6.54. The van der Waals surface area contributed by atoms with Crippen molar-refractivity contribution in [2.75, 3.05) is 13.1 Å². The van der Waals surface area contributed by atoms with E-state index in [4.69, 9.17) is 16.3 Å². The van der Waals surface area contributed by atoms with Gasteiger partial charge in [-0.15, -0.1) is 0 Å². The van der Waals surface area contributed by atoms with E-state index in [-0.39, 0.29) is 11.9 Å². The lowest BCUT2D eigenvalue weighted by atomic mass is 10.1. The summed E-state index contributed by atoms with van der Waals surface area (Å²) in [5.74, 6) is 0.528. The van der Waals surface area contributed by atoms with Gasteiger partial charge < -0.3 is 15.0 Å². The molecule has 0 aromatic heterocycles. The maximum Gasteiger partial charge on any atom is 0.412 e. The fourth-order valence-corrected chi connectivity index (χ4v) is 2.27. The lowest BCUT2D eigenvalue weighted by Crippen LogP contribution is -2.46. The van der Waals surface area contributed by atoms with E-state index in [1.54, 1.807) is 36.1 Å². The smallest absolute Gasteiger partial charge is 0.410 e. The number of nitrogens with one attached hydrogen (secondary N) is 1. The summed E-state index contributed by atoms with van der Waals surface area (Å²) in [5, 5.41) is 3.40. The maximum atomic E-state index is 11.7. The third-order valence-corrected chi connectivity index (χ3v) is 3.54. The van der Waals surface area contributed by atoms with Crippen LogP contribution in [0.15, 0.2) is 24.3 Å². The van der Waals surface area contributed by atoms with E-state index in [0.29, 0.717) is 23.9 Å². The Labute approximate surface area is 122 Å². The van der Waals surface area contributed by atoms with Crippen molar-refractivity contribution in [3.8, 4) is 5.75 Å². The van der Waals surface area contributed by atoms with Gasteiger partial charge in [-0.2, -0.15) is 0 Å². The van der Waals surface area contributed by atoms with Crippen LogP contribution in [0.4, 0.5) is 4.79 Å². The van der Waals surface area contributed by atoms with Crippen molar-refractivity contribution in [3.05, 3.63) is 29.3 Å². The minimum Gasteiger partial charge on any atom is -0.410 e. The second kappa shape index (κ2) is 6.61. The van der Waals surface area contributed by atoms with Gasteiger partial charge in [0.15, 0.2) is 0 Å². The number of hydrogen-bond acceptors (Lipinski definition) is 3. The first-order valence-corrected chi connectivity index (χ1v) is 6.92. The van der Waals surface area contributed by atoms with Gasteiger partial charge in [0, 0.05) is 31.1 Å². The van der Waals surface area contributed by atoms with E-state index in [1.165, 1.54) is 0 Å². The Morgan fingerprint density at radius 1 is 1.25 bits per heavy atom. The van der Waals surface area contributed by atoms with E-state index in [2.05, 4.69) is 5.32 Å². The molecule has 108 valence electrons. The molecule has 1 fully saturated rings. The number of piperidine rings is 1. The zero-order chi connectivity index (χ0) is 14.5. The molecule has 0 atom stereocenters. The summed E-state index contributed by atoms with van der Waals surface area (Å²) in [7, 11) is 0. The SMILES string of the molecule is CC(=O)N1CCC(NC(=O)Oc2ccc(Cl)cc2)CC1. The Kier molecular flexibility index (Phi) is 4.84. The first kappa shape index (κ1) is 14.7. The summed E-state index contributed by atoms with van der Waals surface area (Å²) < 4.78 is 5.16. The molecule has 2 amide bonds. The Balaban J connectivity index is 1.78. The van der Waals surface area contributed by atoms with Crippen LogP contribution in [0.5, 0.6) is 5.75 Å². The van der Waals surface area contributed by atoms with E-state index in [0.717, 1.165) is 12.8 Å². The van der Waals surface area contributed by atoms with Crippen LogP contribution < -0.4 is 10.1 Å². The summed E-state index contributed by atoms with van der Waals surface area (Å²) in [5.41, 5.74) is 0. The zero-order valence-corrected chi connectivity index (χ0v) is 12.0. The number of ether oxygens (including phenoxy) is 1. The van der Waals surface area contributed by atoms with Gasteiger partial charge in [-0.25, -0.2) is 4.79 Å². The predicted octanol–water partition coefficient (Wildman–Crippen LogP) is 2.44. The average Bonchev–Trinajstić information content (AvgIpc) is 2.42. The maximum absolute atomic E-state index is 11.7. The van der Waals surface area contributed by atoms with E-state index >= 15 is 0 Å². The third kappa shape index (κ3) is 4.13. The molecular formula is C14H17ClN2O3. The molecule has 2 rings (SSSR count). The van der Waals surface area contributed by atoms with Gasteiger partial charge in [0.1, 0.15) is 5.75 Å². The molecule has 1 heterocycles. The lowest BCUT2D eigenvalue weighted by Gasteiger charge is -2.31. The molecule has 6 heteroatoms. The third-order valence-electron chi connectivity index (χ3n) is 3.29. The molecular weight excluding hydrogens is 280 g/mol. The highest BCUT2D eigenvalue weighted by Gasteiger charge is 2.22. The number of nitrogens with zero attached hydrogens (tertiary/aromatic N) is 1. The molecule has 0 aliphatic carbocycles. The second-order valence-corrected chi connectivity index (χ2v) is 5.20. The fourth-order valence-electron chi connectivity index (χ4n) is 2.14. The minimum absolute atomic E-state index is 0.0467. The second-order valence-electron chi connectivity index (χ2n) is 4.77. The van der Waals surface area contributed by atoms with Crippen LogP contribution >= 0.6 is 11.6 Å². The van der Waals surface area contributed by atoms with Crippen LogP contribution in [0.2, 0.25) is 5.02 Å². The standard InChI is InChI=1S/C14H17ClN2O3/c1-10(18)17-8-6-12(7-9-17)16-14(19)20-13-4-2-11(15)3-5-13/h2-5,12H,6-9H2,1H3,(H,16,19). The van der Waals surface area contributed by atoms with Crippen molar-refractivity contribution in [1.82, 2.24) is 10.2 Å². The Bertz CT molecular complexity index is 482. The highest BCUT2D eigenvalue weighted by Crippen LogP contribution is 2.16. The van der Waals surface area contributed by atoms with Crippen LogP contribution in [-0.2, 0) is 4.79 Å². The predicted molar refractivity (Wildman–Crippen MR) is 75.9 cm³/mol. The van der Waals surface area contributed by atoms with Crippen molar-refractivity contribution in [1.29, 1.82) is 0 Å². The highest BCUT2D eigenvalue weighted by atomic mass is 35.5. The fraction of sp³-hybridized carbons (Fsp3) is 0.429. The molecule has 0 saturated carbocycles. The van der Waals surface area contributed by atoms with Crippen LogP contribution in [0, 0.1) is 0 Å². The van der Waals surface area contributed by atoms with Gasteiger partial charge in [0.25, 0.3) is 0 Å². The lowest BCUT2D eigenvalue weighted by molar-refractivity contribution is -0.129. The largest absolute Gasteiger partial charge is 0.412 e. The molecule has 1 aliphatic rings. The number of halogens is 1. The van der Waals surface area contributed by atoms with Crippen molar-refractivity contribution in [2.45, 2.75) is 25.8 Å². The quantitative estimate of drug-likeness (QED) is 0.912. The topological polar surface area (TPSA) is 58.6 Å². The van der Waals surface area contributed by atoms with E-state index in [1.807, 2.05) is 0 Å². The molecule has 1 aliphatic heterocycles. The van der Waals surface area contributed by atoms with Crippen molar-refractivity contribution < 1.29 is 14.3 Å². The number of hydrogen-bond donors (Lipinski definition) is 1.